The van der Waals surface area contributed by atoms with E-state index in [4.69, 9.17) is 29.9 Å². The third-order valence-corrected chi connectivity index (χ3v) is 10.4. The van der Waals surface area contributed by atoms with Gasteiger partial charge < -0.3 is 0 Å². The molecule has 0 amide bonds. The van der Waals surface area contributed by atoms with Gasteiger partial charge in [-0.2, -0.15) is 0 Å². The monoisotopic (exact) mass is 699 g/mol. The fraction of sp³-hybridized carbons (Fsp3) is 0.128. The van der Waals surface area contributed by atoms with Crippen molar-refractivity contribution < 1.29 is 0 Å². The van der Waals surface area contributed by atoms with Crippen LogP contribution in [-0.2, 0) is 5.41 Å². The van der Waals surface area contributed by atoms with Crippen molar-refractivity contribution in [3.05, 3.63) is 175 Å². The maximum Gasteiger partial charge on any atom is 0.182 e. The number of aromatic nitrogens is 7. The zero-order valence-corrected chi connectivity index (χ0v) is 29.8. The first-order valence-electron chi connectivity index (χ1n) is 18.5. The van der Waals surface area contributed by atoms with Crippen LogP contribution in [0, 0.1) is 0 Å². The number of rotatable bonds is 8. The van der Waals surface area contributed by atoms with Crippen LogP contribution in [0.1, 0.15) is 43.2 Å². The quantitative estimate of drug-likeness (QED) is 0.156. The topological polar surface area (TPSA) is 90.2 Å². The van der Waals surface area contributed by atoms with Crippen LogP contribution in [0.5, 0.6) is 0 Å². The lowest BCUT2D eigenvalue weighted by molar-refractivity contribution is 0.346. The number of benzene rings is 5. The van der Waals surface area contributed by atoms with E-state index in [9.17, 15) is 0 Å². The molecule has 0 radical (unpaired) electrons. The second-order valence-corrected chi connectivity index (χ2v) is 13.7. The van der Waals surface area contributed by atoms with Crippen LogP contribution in [0.25, 0.3) is 68.5 Å². The van der Waals surface area contributed by atoms with E-state index in [-0.39, 0.29) is 5.41 Å². The molecule has 8 aromatic rings. The van der Waals surface area contributed by atoms with Crippen molar-refractivity contribution in [1.29, 1.82) is 0 Å². The molecule has 1 fully saturated rings. The van der Waals surface area contributed by atoms with Crippen molar-refractivity contribution in [1.82, 2.24) is 34.9 Å². The predicted molar refractivity (Wildman–Crippen MR) is 214 cm³/mol. The molecule has 0 atom stereocenters. The minimum absolute atomic E-state index is 0.105. The number of nitrogens with zero attached hydrogens (tertiary/aromatic N) is 7. The summed E-state index contributed by atoms with van der Waals surface area (Å²) in [6.07, 6.45) is 7.54. The average Bonchev–Trinajstić information content (AvgIpc) is 3.27. The van der Waals surface area contributed by atoms with Gasteiger partial charge >= 0.3 is 0 Å². The summed E-state index contributed by atoms with van der Waals surface area (Å²) in [4.78, 5) is 34.0. The Morgan fingerprint density at radius 1 is 0.315 bits per heavy atom. The molecule has 9 rings (SSSR count). The van der Waals surface area contributed by atoms with Gasteiger partial charge in [0.25, 0.3) is 0 Å². The average molecular weight is 700 g/mol. The zero-order valence-electron chi connectivity index (χ0n) is 29.8. The highest BCUT2D eigenvalue weighted by molar-refractivity contribution is 5.68. The first kappa shape index (κ1) is 33.1. The summed E-state index contributed by atoms with van der Waals surface area (Å²) >= 11 is 0. The highest BCUT2D eigenvalue weighted by Gasteiger charge is 2.36. The van der Waals surface area contributed by atoms with Crippen molar-refractivity contribution in [3.8, 4) is 68.5 Å². The minimum Gasteiger partial charge on any atom is -0.253 e. The van der Waals surface area contributed by atoms with Gasteiger partial charge in [0.05, 0.1) is 0 Å². The molecule has 0 saturated heterocycles. The van der Waals surface area contributed by atoms with Crippen LogP contribution in [0.4, 0.5) is 0 Å². The van der Waals surface area contributed by atoms with E-state index in [2.05, 4.69) is 53.5 Å². The lowest BCUT2D eigenvalue weighted by Crippen LogP contribution is -2.30. The maximum atomic E-state index is 4.96. The standard InChI is InChI=1S/C47H37N7/c1-5-15-33(16-6-1)41-49-42(34-17-7-2-8-18-34)51-44(50-41)36-22-26-38(27-23-36)47(30-12-4-13-31-47)39-28-24-37(25-29-39)45-52-43(35-19-9-3-10-20-35)53-46(54-45)40-21-11-14-32-48-40/h1-3,5-11,14-29,32H,4,12-13,30-31H2. The molecule has 0 unspecified atom stereocenters. The molecule has 54 heavy (non-hydrogen) atoms. The van der Waals surface area contributed by atoms with Gasteiger partial charge in [0.15, 0.2) is 34.9 Å². The highest BCUT2D eigenvalue weighted by atomic mass is 15.0. The minimum atomic E-state index is -0.105. The van der Waals surface area contributed by atoms with Crippen molar-refractivity contribution >= 4 is 0 Å². The lowest BCUT2D eigenvalue weighted by Gasteiger charge is -2.39. The van der Waals surface area contributed by atoms with Gasteiger partial charge in [-0.3, -0.25) is 4.98 Å². The lowest BCUT2D eigenvalue weighted by atomic mass is 9.65. The molecule has 260 valence electrons. The van der Waals surface area contributed by atoms with Crippen LogP contribution >= 0.6 is 0 Å². The van der Waals surface area contributed by atoms with Crippen molar-refractivity contribution in [2.75, 3.05) is 0 Å². The molecular weight excluding hydrogens is 663 g/mol. The molecule has 1 saturated carbocycles. The number of pyridine rings is 1. The molecule has 3 aromatic heterocycles. The van der Waals surface area contributed by atoms with E-state index in [0.29, 0.717) is 40.6 Å². The highest BCUT2D eigenvalue weighted by Crippen LogP contribution is 2.45. The smallest absolute Gasteiger partial charge is 0.182 e. The summed E-state index contributed by atoms with van der Waals surface area (Å²) in [5, 5.41) is 0. The number of hydrogen-bond acceptors (Lipinski definition) is 7. The van der Waals surface area contributed by atoms with E-state index >= 15 is 0 Å². The summed E-state index contributed by atoms with van der Waals surface area (Å²) in [6.45, 7) is 0. The molecule has 0 aliphatic heterocycles. The molecule has 1 aliphatic carbocycles. The van der Waals surface area contributed by atoms with Gasteiger partial charge in [-0.15, -0.1) is 0 Å². The Bertz CT molecular complexity index is 2200. The first-order valence-corrected chi connectivity index (χ1v) is 18.5. The third-order valence-electron chi connectivity index (χ3n) is 10.4. The maximum absolute atomic E-state index is 4.96. The van der Waals surface area contributed by atoms with E-state index < -0.39 is 0 Å². The summed E-state index contributed by atoms with van der Waals surface area (Å²) in [6, 6.07) is 53.8. The summed E-state index contributed by atoms with van der Waals surface area (Å²) in [5.74, 6) is 3.78. The molecular formula is C47H37N7. The fourth-order valence-electron chi connectivity index (χ4n) is 7.54. The van der Waals surface area contributed by atoms with E-state index in [1.807, 2.05) is 109 Å². The van der Waals surface area contributed by atoms with Crippen LogP contribution in [0.15, 0.2) is 164 Å². The Hall–Kier alpha value is -6.73. The van der Waals surface area contributed by atoms with Crippen LogP contribution in [0.3, 0.4) is 0 Å². The van der Waals surface area contributed by atoms with Gasteiger partial charge in [-0.25, -0.2) is 29.9 Å². The van der Waals surface area contributed by atoms with Crippen LogP contribution in [-0.4, -0.2) is 34.9 Å². The summed E-state index contributed by atoms with van der Waals surface area (Å²) in [5.41, 5.74) is 7.98. The fourth-order valence-corrected chi connectivity index (χ4v) is 7.54. The Morgan fingerprint density at radius 2 is 0.667 bits per heavy atom. The molecule has 0 bridgehead atoms. The second kappa shape index (κ2) is 14.7. The van der Waals surface area contributed by atoms with Crippen LogP contribution in [0.2, 0.25) is 0 Å². The Morgan fingerprint density at radius 3 is 1.04 bits per heavy atom. The molecule has 0 N–H and O–H groups in total. The molecule has 0 spiro atoms. The van der Waals surface area contributed by atoms with Crippen LogP contribution < -0.4 is 0 Å². The van der Waals surface area contributed by atoms with Gasteiger partial charge in [0.1, 0.15) is 5.69 Å². The van der Waals surface area contributed by atoms with E-state index in [0.717, 1.165) is 40.7 Å². The van der Waals surface area contributed by atoms with Gasteiger partial charge in [0, 0.05) is 39.4 Å². The summed E-state index contributed by atoms with van der Waals surface area (Å²) in [7, 11) is 0. The van der Waals surface area contributed by atoms with E-state index in [1.165, 1.54) is 30.4 Å². The molecule has 3 heterocycles. The molecule has 1 aliphatic rings. The molecule has 7 heteroatoms. The predicted octanol–water partition coefficient (Wildman–Crippen LogP) is 10.7. The first-order chi connectivity index (χ1) is 26.7. The van der Waals surface area contributed by atoms with Crippen molar-refractivity contribution in [3.63, 3.8) is 0 Å². The largest absolute Gasteiger partial charge is 0.253 e. The third kappa shape index (κ3) is 6.68. The van der Waals surface area contributed by atoms with Gasteiger partial charge in [0.2, 0.25) is 0 Å². The normalized spacial score (nSPS) is 13.7. The number of hydrogen-bond donors (Lipinski definition) is 0. The summed E-state index contributed by atoms with van der Waals surface area (Å²) < 4.78 is 0. The van der Waals surface area contributed by atoms with Crippen molar-refractivity contribution in [2.45, 2.75) is 37.5 Å². The van der Waals surface area contributed by atoms with Gasteiger partial charge in [-0.1, -0.05) is 165 Å². The van der Waals surface area contributed by atoms with Gasteiger partial charge in [-0.05, 0) is 36.1 Å². The Kier molecular flexibility index (Phi) is 9.03. The van der Waals surface area contributed by atoms with Crippen molar-refractivity contribution in [2.24, 2.45) is 0 Å². The Balaban J connectivity index is 1.07. The van der Waals surface area contributed by atoms with E-state index in [1.54, 1.807) is 6.20 Å². The SMILES string of the molecule is c1ccc(-c2nc(-c3ccccc3)nc(-c3ccc(C4(c5ccc(-c6nc(-c7ccccc7)nc(-c7ccccn7)n6)cc5)CCCCC4)cc3)n2)cc1. The molecule has 5 aromatic carbocycles. The zero-order chi connectivity index (χ0) is 36.2. The Labute approximate surface area is 315 Å². The molecule has 7 nitrogen and oxygen atoms in total. The second-order valence-electron chi connectivity index (χ2n) is 13.7.